The third kappa shape index (κ3) is 7.95. The van der Waals surface area contributed by atoms with Crippen LogP contribution in [0.2, 0.25) is 0 Å². The third-order valence-corrected chi connectivity index (χ3v) is 6.67. The van der Waals surface area contributed by atoms with Crippen LogP contribution in [-0.2, 0) is 24.3 Å². The molecule has 31 heavy (non-hydrogen) atoms. The first-order valence-electron chi connectivity index (χ1n) is 10.1. The largest absolute Gasteiger partial charge is 0.454 e. The van der Waals surface area contributed by atoms with Crippen molar-refractivity contribution in [1.29, 1.82) is 0 Å². The first-order chi connectivity index (χ1) is 14.3. The van der Waals surface area contributed by atoms with Crippen LogP contribution >= 0.6 is 0 Å². The predicted octanol–water partition coefficient (Wildman–Crippen LogP) is 2.00. The maximum atomic E-state index is 12.9. The zero-order valence-electron chi connectivity index (χ0n) is 19.2. The second-order valence-corrected chi connectivity index (χ2v) is 9.68. The van der Waals surface area contributed by atoms with Gasteiger partial charge in [0.05, 0.1) is 4.90 Å². The Bertz CT molecular complexity index is 915. The van der Waals surface area contributed by atoms with E-state index >= 15 is 0 Å². The molecule has 0 radical (unpaired) electrons. The number of amides is 3. The van der Waals surface area contributed by atoms with E-state index in [9.17, 15) is 22.8 Å². The minimum absolute atomic E-state index is 0.125. The molecule has 0 unspecified atom stereocenters. The van der Waals surface area contributed by atoms with Crippen molar-refractivity contribution in [3.05, 3.63) is 28.3 Å². The minimum atomic E-state index is -4.00. The second-order valence-electron chi connectivity index (χ2n) is 8.03. The molecule has 1 aromatic rings. The van der Waals surface area contributed by atoms with Crippen molar-refractivity contribution in [2.45, 2.75) is 65.8 Å². The summed E-state index contributed by atoms with van der Waals surface area (Å²) >= 11 is 0. The van der Waals surface area contributed by atoms with Crippen molar-refractivity contribution in [2.24, 2.45) is 5.92 Å². The lowest BCUT2D eigenvalue weighted by Gasteiger charge is -2.18. The van der Waals surface area contributed by atoms with E-state index < -0.39 is 40.6 Å². The molecule has 0 aliphatic heterocycles. The first kappa shape index (κ1) is 26.6. The zero-order valence-corrected chi connectivity index (χ0v) is 20.0. The summed E-state index contributed by atoms with van der Waals surface area (Å²) in [5.41, 5.74) is 2.84. The van der Waals surface area contributed by atoms with Crippen molar-refractivity contribution >= 4 is 27.9 Å². The number of hydrogen-bond acceptors (Lipinski definition) is 6. The topological polar surface area (TPSA) is 131 Å². The van der Waals surface area contributed by atoms with Gasteiger partial charge in [-0.25, -0.2) is 13.2 Å². The SMILES string of the molecule is Cc1cc(C)c(C)c(S(=O)(=O)N[C@H](C)C(=O)OCC(=O)NC(=O)NCCC(C)C)c1C. The highest BCUT2D eigenvalue weighted by molar-refractivity contribution is 7.89. The minimum Gasteiger partial charge on any atom is -0.454 e. The van der Waals surface area contributed by atoms with Gasteiger partial charge in [0.25, 0.3) is 5.91 Å². The van der Waals surface area contributed by atoms with Crippen LogP contribution < -0.4 is 15.4 Å². The normalized spacial score (nSPS) is 12.4. The van der Waals surface area contributed by atoms with Crippen molar-refractivity contribution in [2.75, 3.05) is 13.2 Å². The average molecular weight is 456 g/mol. The Balaban J connectivity index is 2.67. The Labute approximate surface area is 184 Å². The van der Waals surface area contributed by atoms with Crippen molar-refractivity contribution < 1.29 is 27.5 Å². The lowest BCUT2D eigenvalue weighted by molar-refractivity contribution is -0.149. The molecular formula is C21H33N3O6S. The molecule has 0 spiro atoms. The molecular weight excluding hydrogens is 422 g/mol. The number of aryl methyl sites for hydroxylation is 2. The van der Waals surface area contributed by atoms with Crippen LogP contribution in [0.4, 0.5) is 4.79 Å². The van der Waals surface area contributed by atoms with Crippen LogP contribution in [0.1, 0.15) is 49.4 Å². The van der Waals surface area contributed by atoms with Gasteiger partial charge in [-0.2, -0.15) is 4.72 Å². The molecule has 1 aromatic carbocycles. The molecule has 1 rings (SSSR count). The van der Waals surface area contributed by atoms with Crippen LogP contribution in [0.25, 0.3) is 0 Å². The summed E-state index contributed by atoms with van der Waals surface area (Å²) in [4.78, 5) is 35.7. The predicted molar refractivity (Wildman–Crippen MR) is 117 cm³/mol. The molecule has 0 bridgehead atoms. The van der Waals surface area contributed by atoms with E-state index in [0.717, 1.165) is 17.5 Å². The average Bonchev–Trinajstić information content (AvgIpc) is 2.63. The van der Waals surface area contributed by atoms with Gasteiger partial charge in [-0.1, -0.05) is 19.9 Å². The number of nitrogens with one attached hydrogen (secondary N) is 3. The Morgan fingerprint density at radius 1 is 1.00 bits per heavy atom. The summed E-state index contributed by atoms with van der Waals surface area (Å²) in [6.45, 7) is 12.1. The fraction of sp³-hybridized carbons (Fsp3) is 0.571. The van der Waals surface area contributed by atoms with Crippen molar-refractivity contribution in [3.8, 4) is 0 Å². The van der Waals surface area contributed by atoms with Gasteiger partial charge in [0.2, 0.25) is 10.0 Å². The van der Waals surface area contributed by atoms with Crippen LogP contribution in [0.3, 0.4) is 0 Å². The van der Waals surface area contributed by atoms with Gasteiger partial charge < -0.3 is 10.1 Å². The Morgan fingerprint density at radius 2 is 1.55 bits per heavy atom. The number of hydrogen-bond donors (Lipinski definition) is 3. The van der Waals surface area contributed by atoms with E-state index in [1.807, 2.05) is 39.1 Å². The first-order valence-corrected chi connectivity index (χ1v) is 11.6. The highest BCUT2D eigenvalue weighted by Gasteiger charge is 2.27. The maximum absolute atomic E-state index is 12.9. The Kier molecular flexibility index (Phi) is 9.64. The van der Waals surface area contributed by atoms with Crippen LogP contribution in [0.15, 0.2) is 11.0 Å². The lowest BCUT2D eigenvalue weighted by Crippen LogP contribution is -2.44. The van der Waals surface area contributed by atoms with Crippen molar-refractivity contribution in [3.63, 3.8) is 0 Å². The summed E-state index contributed by atoms with van der Waals surface area (Å²) in [5, 5.41) is 4.57. The number of esters is 1. The molecule has 174 valence electrons. The van der Waals surface area contributed by atoms with E-state index in [-0.39, 0.29) is 4.90 Å². The van der Waals surface area contributed by atoms with Crippen LogP contribution in [0.5, 0.6) is 0 Å². The monoisotopic (exact) mass is 455 g/mol. The van der Waals surface area contributed by atoms with Crippen LogP contribution in [0, 0.1) is 33.6 Å². The van der Waals surface area contributed by atoms with E-state index in [4.69, 9.17) is 4.74 Å². The van der Waals surface area contributed by atoms with E-state index in [1.54, 1.807) is 13.8 Å². The molecule has 3 N–H and O–H groups in total. The highest BCUT2D eigenvalue weighted by Crippen LogP contribution is 2.26. The molecule has 10 heteroatoms. The smallest absolute Gasteiger partial charge is 0.324 e. The molecule has 3 amide bonds. The molecule has 0 fully saturated rings. The van der Waals surface area contributed by atoms with Gasteiger partial charge in [0.1, 0.15) is 6.04 Å². The van der Waals surface area contributed by atoms with Gasteiger partial charge in [-0.3, -0.25) is 14.9 Å². The molecule has 1 atom stereocenters. The standard InChI is InChI=1S/C21H33N3O6S/c1-12(2)8-9-22-21(27)23-18(25)11-30-20(26)17(7)24-31(28,29)19-15(5)13(3)10-14(4)16(19)6/h10,12,17,24H,8-9,11H2,1-7H3,(H2,22,23,25,27)/t17-/m1/s1. The number of ether oxygens (including phenoxy) is 1. The quantitative estimate of drug-likeness (QED) is 0.488. The molecule has 9 nitrogen and oxygen atoms in total. The van der Waals surface area contributed by atoms with Gasteiger partial charge in [0.15, 0.2) is 6.61 Å². The summed E-state index contributed by atoms with van der Waals surface area (Å²) in [6, 6.07) is -0.00703. The zero-order chi connectivity index (χ0) is 23.9. The van der Waals surface area contributed by atoms with E-state index in [1.165, 1.54) is 6.92 Å². The number of imide groups is 1. The molecule has 0 aliphatic rings. The second kappa shape index (κ2) is 11.2. The molecule has 0 saturated heterocycles. The van der Waals surface area contributed by atoms with Gasteiger partial charge in [-0.15, -0.1) is 0 Å². The van der Waals surface area contributed by atoms with Gasteiger partial charge in [0, 0.05) is 6.54 Å². The Morgan fingerprint density at radius 3 is 2.06 bits per heavy atom. The van der Waals surface area contributed by atoms with Gasteiger partial charge >= 0.3 is 12.0 Å². The fourth-order valence-corrected chi connectivity index (χ4v) is 4.67. The summed E-state index contributed by atoms with van der Waals surface area (Å²) in [5.74, 6) is -1.34. The number of urea groups is 1. The summed E-state index contributed by atoms with van der Waals surface area (Å²) in [6.07, 6.45) is 0.758. The molecule has 0 aromatic heterocycles. The van der Waals surface area contributed by atoms with E-state index in [0.29, 0.717) is 23.6 Å². The van der Waals surface area contributed by atoms with Gasteiger partial charge in [-0.05, 0) is 69.2 Å². The van der Waals surface area contributed by atoms with E-state index in [2.05, 4.69) is 10.0 Å². The number of benzene rings is 1. The number of rotatable bonds is 9. The molecule has 0 saturated carbocycles. The molecule has 0 heterocycles. The fourth-order valence-electron chi connectivity index (χ4n) is 2.87. The van der Waals surface area contributed by atoms with Crippen LogP contribution in [-0.4, -0.2) is 45.5 Å². The highest BCUT2D eigenvalue weighted by atomic mass is 32.2. The lowest BCUT2D eigenvalue weighted by atomic mass is 10.0. The van der Waals surface area contributed by atoms with Crippen molar-refractivity contribution in [1.82, 2.24) is 15.4 Å². The maximum Gasteiger partial charge on any atom is 0.324 e. The number of sulfonamides is 1. The third-order valence-electron chi connectivity index (χ3n) is 4.86. The summed E-state index contributed by atoms with van der Waals surface area (Å²) in [7, 11) is -4.00. The molecule has 0 aliphatic carbocycles. The Hall–Kier alpha value is -2.46. The summed E-state index contributed by atoms with van der Waals surface area (Å²) < 4.78 is 32.9. The number of carbonyl (C=O) groups excluding carboxylic acids is 3. The number of carbonyl (C=O) groups is 3.